The van der Waals surface area contributed by atoms with Crippen molar-refractivity contribution in [3.8, 4) is 5.88 Å². The van der Waals surface area contributed by atoms with E-state index in [-0.39, 0.29) is 18.0 Å². The van der Waals surface area contributed by atoms with Crippen molar-refractivity contribution in [2.75, 3.05) is 17.2 Å². The summed E-state index contributed by atoms with van der Waals surface area (Å²) in [6.07, 6.45) is -0.801. The van der Waals surface area contributed by atoms with Crippen LogP contribution in [0.15, 0.2) is 24.3 Å². The first-order valence-electron chi connectivity index (χ1n) is 9.96. The van der Waals surface area contributed by atoms with Crippen LogP contribution in [0, 0.1) is 19.7 Å². The molecule has 32 heavy (non-hydrogen) atoms. The van der Waals surface area contributed by atoms with Crippen molar-refractivity contribution in [3.63, 3.8) is 0 Å². The molecule has 170 valence electrons. The smallest absolute Gasteiger partial charge is 0.412 e. The first-order chi connectivity index (χ1) is 14.9. The molecule has 0 aliphatic heterocycles. The fourth-order valence-electron chi connectivity index (χ4n) is 3.09. The lowest BCUT2D eigenvalue weighted by molar-refractivity contribution is -0.118. The zero-order valence-corrected chi connectivity index (χ0v) is 18.9. The first kappa shape index (κ1) is 23.0. The van der Waals surface area contributed by atoms with Gasteiger partial charge in [0.25, 0.3) is 5.91 Å². The van der Waals surface area contributed by atoms with E-state index in [4.69, 9.17) is 9.47 Å². The van der Waals surface area contributed by atoms with Gasteiger partial charge in [-0.05, 0) is 64.4 Å². The van der Waals surface area contributed by atoms with Gasteiger partial charge in [-0.15, -0.1) is 5.10 Å². The van der Waals surface area contributed by atoms with Gasteiger partial charge in [-0.3, -0.25) is 10.1 Å². The van der Waals surface area contributed by atoms with Crippen molar-refractivity contribution in [1.82, 2.24) is 14.8 Å². The number of nitrogens with one attached hydrogen (secondary N) is 2. The minimum Gasteiger partial charge on any atom is -0.466 e. The Morgan fingerprint density at radius 2 is 1.88 bits per heavy atom. The van der Waals surface area contributed by atoms with Crippen LogP contribution in [0.5, 0.6) is 5.88 Å². The van der Waals surface area contributed by atoms with Gasteiger partial charge in [0, 0.05) is 18.4 Å². The summed E-state index contributed by atoms with van der Waals surface area (Å²) in [5.74, 6) is -0.839. The Morgan fingerprint density at radius 3 is 2.56 bits per heavy atom. The van der Waals surface area contributed by atoms with E-state index in [0.29, 0.717) is 11.5 Å². The van der Waals surface area contributed by atoms with Crippen LogP contribution in [0.25, 0.3) is 11.0 Å². The molecule has 0 radical (unpaired) electrons. The molecule has 0 saturated carbocycles. The van der Waals surface area contributed by atoms with Gasteiger partial charge in [-0.25, -0.2) is 18.9 Å². The number of halogens is 1. The average Bonchev–Trinajstić information content (AvgIpc) is 2.97. The van der Waals surface area contributed by atoms with E-state index >= 15 is 0 Å². The van der Waals surface area contributed by atoms with Crippen LogP contribution in [0.1, 0.15) is 32.0 Å². The van der Waals surface area contributed by atoms with E-state index in [2.05, 4.69) is 20.7 Å². The summed E-state index contributed by atoms with van der Waals surface area (Å²) < 4.78 is 26.4. The minimum absolute atomic E-state index is 0.120. The Labute approximate surface area is 184 Å². The van der Waals surface area contributed by atoms with Gasteiger partial charge in [0.2, 0.25) is 5.88 Å². The number of carbonyl (C=O) groups is 2. The number of aromatic nitrogens is 3. The molecule has 2 heterocycles. The van der Waals surface area contributed by atoms with E-state index in [1.165, 1.54) is 12.1 Å². The maximum Gasteiger partial charge on any atom is 0.412 e. The van der Waals surface area contributed by atoms with Crippen molar-refractivity contribution >= 4 is 34.4 Å². The fourth-order valence-corrected chi connectivity index (χ4v) is 3.09. The monoisotopic (exact) mass is 443 g/mol. The summed E-state index contributed by atoms with van der Waals surface area (Å²) in [7, 11) is 1.75. The number of hydrogen-bond acceptors (Lipinski definition) is 6. The minimum atomic E-state index is -0.801. The van der Waals surface area contributed by atoms with Crippen molar-refractivity contribution in [3.05, 3.63) is 41.3 Å². The molecule has 3 rings (SSSR count). The molecule has 1 aromatic carbocycles. The number of carbonyl (C=O) groups excluding carboxylic acids is 2. The van der Waals surface area contributed by atoms with Gasteiger partial charge in [-0.2, -0.15) is 0 Å². The number of pyridine rings is 1. The van der Waals surface area contributed by atoms with Crippen molar-refractivity contribution < 1.29 is 23.5 Å². The Kier molecular flexibility index (Phi) is 6.33. The number of benzene rings is 1. The molecule has 2 aromatic heterocycles. The van der Waals surface area contributed by atoms with Crippen LogP contribution in [0.2, 0.25) is 0 Å². The molecule has 2 amide bonds. The largest absolute Gasteiger partial charge is 0.466 e. The highest BCUT2D eigenvalue weighted by Gasteiger charge is 2.18. The summed E-state index contributed by atoms with van der Waals surface area (Å²) in [4.78, 5) is 28.7. The highest BCUT2D eigenvalue weighted by Crippen LogP contribution is 2.27. The van der Waals surface area contributed by atoms with Crippen molar-refractivity contribution in [2.24, 2.45) is 7.05 Å². The van der Waals surface area contributed by atoms with E-state index < -0.39 is 23.4 Å². The predicted octanol–water partition coefficient (Wildman–Crippen LogP) is 4.09. The second-order valence-corrected chi connectivity index (χ2v) is 8.37. The Morgan fingerprint density at radius 1 is 1.16 bits per heavy atom. The summed E-state index contributed by atoms with van der Waals surface area (Å²) in [5, 5.41) is 9.97. The second-order valence-electron chi connectivity index (χ2n) is 8.37. The van der Waals surface area contributed by atoms with E-state index in [1.807, 2.05) is 19.9 Å². The standard InChI is InChI=1S/C22H26FN5O4/c1-12-9-13(2)24-19-18(12)20(27-28(19)6)31-11-17(29)25-14-7-8-15(23)16(10-14)26-21(30)32-22(3,4)5/h7-10H,11H2,1-6H3,(H,25,29)(H,26,30). The number of anilines is 2. The molecular weight excluding hydrogens is 417 g/mol. The number of ether oxygens (including phenoxy) is 2. The Bertz CT molecular complexity index is 1180. The van der Waals surface area contributed by atoms with E-state index in [9.17, 15) is 14.0 Å². The summed E-state index contributed by atoms with van der Waals surface area (Å²) in [6, 6.07) is 5.71. The lowest BCUT2D eigenvalue weighted by Gasteiger charge is -2.20. The van der Waals surface area contributed by atoms with Crippen LogP contribution < -0.4 is 15.4 Å². The van der Waals surface area contributed by atoms with Crippen molar-refractivity contribution in [2.45, 2.75) is 40.2 Å². The molecule has 0 fully saturated rings. The van der Waals surface area contributed by atoms with Gasteiger partial charge < -0.3 is 14.8 Å². The summed E-state index contributed by atoms with van der Waals surface area (Å²) in [6.45, 7) is 8.59. The molecular formula is C22H26FN5O4. The van der Waals surface area contributed by atoms with Gasteiger partial charge in [0.05, 0.1) is 11.1 Å². The van der Waals surface area contributed by atoms with Gasteiger partial charge in [-0.1, -0.05) is 0 Å². The van der Waals surface area contributed by atoms with E-state index in [0.717, 1.165) is 22.7 Å². The molecule has 0 unspecified atom stereocenters. The molecule has 0 saturated heterocycles. The highest BCUT2D eigenvalue weighted by molar-refractivity contribution is 5.94. The molecule has 2 N–H and O–H groups in total. The lowest BCUT2D eigenvalue weighted by Crippen LogP contribution is -2.27. The van der Waals surface area contributed by atoms with Crippen molar-refractivity contribution in [1.29, 1.82) is 0 Å². The molecule has 3 aromatic rings. The van der Waals surface area contributed by atoms with Crippen LogP contribution in [-0.4, -0.2) is 39.0 Å². The van der Waals surface area contributed by atoms with E-state index in [1.54, 1.807) is 32.5 Å². The predicted molar refractivity (Wildman–Crippen MR) is 118 cm³/mol. The van der Waals surface area contributed by atoms with Crippen LogP contribution in [-0.2, 0) is 16.6 Å². The third kappa shape index (κ3) is 5.51. The Balaban J connectivity index is 1.67. The quantitative estimate of drug-likeness (QED) is 0.615. The number of fused-ring (bicyclic) bond motifs is 1. The third-order valence-corrected chi connectivity index (χ3v) is 4.31. The zero-order valence-electron chi connectivity index (χ0n) is 18.9. The average molecular weight is 443 g/mol. The number of nitrogens with zero attached hydrogens (tertiary/aromatic N) is 3. The first-order valence-corrected chi connectivity index (χ1v) is 9.96. The van der Waals surface area contributed by atoms with Gasteiger partial charge in [0.15, 0.2) is 12.3 Å². The third-order valence-electron chi connectivity index (χ3n) is 4.31. The van der Waals surface area contributed by atoms with Gasteiger partial charge in [0.1, 0.15) is 11.4 Å². The second kappa shape index (κ2) is 8.81. The lowest BCUT2D eigenvalue weighted by atomic mass is 10.2. The molecule has 0 atom stereocenters. The maximum absolute atomic E-state index is 14.1. The fraction of sp³-hybridized carbons (Fsp3) is 0.364. The topological polar surface area (TPSA) is 107 Å². The molecule has 0 bridgehead atoms. The molecule has 9 nitrogen and oxygen atoms in total. The number of amides is 2. The number of aryl methyl sites for hydroxylation is 3. The van der Waals surface area contributed by atoms with Crippen LogP contribution in [0.4, 0.5) is 20.6 Å². The highest BCUT2D eigenvalue weighted by atomic mass is 19.1. The zero-order chi connectivity index (χ0) is 23.6. The summed E-state index contributed by atoms with van der Waals surface area (Å²) >= 11 is 0. The molecule has 0 aliphatic carbocycles. The SMILES string of the molecule is Cc1cc(C)c2c(OCC(=O)Nc3ccc(F)c(NC(=O)OC(C)(C)C)c3)nn(C)c2n1. The molecule has 0 aliphatic rings. The number of rotatable bonds is 5. The summed E-state index contributed by atoms with van der Waals surface area (Å²) in [5.41, 5.74) is 1.89. The normalized spacial score (nSPS) is 11.3. The molecule has 10 heteroatoms. The maximum atomic E-state index is 14.1. The number of hydrogen-bond donors (Lipinski definition) is 2. The molecule has 0 spiro atoms. The Hall–Kier alpha value is -3.69. The van der Waals surface area contributed by atoms with Crippen LogP contribution >= 0.6 is 0 Å². The van der Waals surface area contributed by atoms with Gasteiger partial charge >= 0.3 is 6.09 Å². The van der Waals surface area contributed by atoms with Crippen LogP contribution in [0.3, 0.4) is 0 Å².